The van der Waals surface area contributed by atoms with Gasteiger partial charge in [-0.3, -0.25) is 0 Å². The third kappa shape index (κ3) is 11.4. The van der Waals surface area contributed by atoms with E-state index >= 15 is 0 Å². The Balaban J connectivity index is 3.55. The van der Waals surface area contributed by atoms with Crippen molar-refractivity contribution in [2.45, 2.75) is 79.1 Å². The number of nitrogens with one attached hydrogen (secondary N) is 1. The second kappa shape index (κ2) is 11.7. The maximum Gasteiger partial charge on any atom is 0.000252 e. The van der Waals surface area contributed by atoms with Crippen molar-refractivity contribution in [1.82, 2.24) is 5.32 Å². The van der Waals surface area contributed by atoms with E-state index in [9.17, 15) is 0 Å². The second-order valence-corrected chi connectivity index (χ2v) is 6.79. The molecule has 0 aromatic carbocycles. The molecule has 0 aliphatic carbocycles. The first-order valence-corrected chi connectivity index (χ1v) is 8.46. The van der Waals surface area contributed by atoms with E-state index in [4.69, 9.17) is 5.73 Å². The molecule has 116 valence electrons. The third-order valence-corrected chi connectivity index (χ3v) is 4.18. The molecule has 0 bridgehead atoms. The van der Waals surface area contributed by atoms with Crippen LogP contribution in [0, 0.1) is 11.3 Å². The van der Waals surface area contributed by atoms with Gasteiger partial charge in [0.1, 0.15) is 0 Å². The largest absolute Gasteiger partial charge is 0.330 e. The molecule has 0 aliphatic rings. The minimum absolute atomic E-state index is 0.455. The van der Waals surface area contributed by atoms with E-state index < -0.39 is 0 Å². The van der Waals surface area contributed by atoms with Crippen LogP contribution in [0.1, 0.15) is 79.1 Å². The molecule has 0 aromatic rings. The zero-order valence-electron chi connectivity index (χ0n) is 13.9. The number of hydrogen-bond acceptors (Lipinski definition) is 2. The number of unbranched alkanes of at least 4 members (excludes halogenated alkanes) is 2. The predicted molar refractivity (Wildman–Crippen MR) is 87.5 cm³/mol. The Morgan fingerprint density at radius 2 is 1.79 bits per heavy atom. The first kappa shape index (κ1) is 18.9. The molecule has 0 fully saturated rings. The Morgan fingerprint density at radius 3 is 2.37 bits per heavy atom. The van der Waals surface area contributed by atoms with Crippen molar-refractivity contribution in [3.05, 3.63) is 0 Å². The molecule has 0 heterocycles. The summed E-state index contributed by atoms with van der Waals surface area (Å²) in [6.45, 7) is 12.5. The van der Waals surface area contributed by atoms with Crippen LogP contribution in [0.15, 0.2) is 0 Å². The SMILES string of the molecule is CCCCCC(C)(C)CNCCCC(CC)CCN. The van der Waals surface area contributed by atoms with E-state index in [1.165, 1.54) is 51.4 Å². The van der Waals surface area contributed by atoms with Crippen LogP contribution in [0.3, 0.4) is 0 Å². The van der Waals surface area contributed by atoms with Gasteiger partial charge in [-0.25, -0.2) is 0 Å². The fraction of sp³-hybridized carbons (Fsp3) is 1.00. The molecule has 2 nitrogen and oxygen atoms in total. The number of nitrogens with two attached hydrogens (primary N) is 1. The van der Waals surface area contributed by atoms with Gasteiger partial charge < -0.3 is 11.1 Å². The van der Waals surface area contributed by atoms with Gasteiger partial charge in [-0.2, -0.15) is 0 Å². The molecule has 0 spiro atoms. The van der Waals surface area contributed by atoms with Crippen LogP contribution >= 0.6 is 0 Å². The highest BCUT2D eigenvalue weighted by Gasteiger charge is 2.16. The molecule has 0 aliphatic heterocycles. The molecule has 2 heteroatoms. The Hall–Kier alpha value is -0.0800. The Kier molecular flexibility index (Phi) is 11.7. The smallest absolute Gasteiger partial charge is 0.000252 e. The molecule has 0 saturated carbocycles. The summed E-state index contributed by atoms with van der Waals surface area (Å²) < 4.78 is 0. The molecular weight excluding hydrogens is 232 g/mol. The molecule has 1 atom stereocenters. The molecule has 1 unspecified atom stereocenters. The maximum absolute atomic E-state index is 5.63. The van der Waals surface area contributed by atoms with Gasteiger partial charge in [-0.15, -0.1) is 0 Å². The fourth-order valence-corrected chi connectivity index (χ4v) is 2.67. The Bertz CT molecular complexity index is 190. The van der Waals surface area contributed by atoms with Gasteiger partial charge in [-0.05, 0) is 50.1 Å². The Labute approximate surface area is 121 Å². The van der Waals surface area contributed by atoms with Crippen LogP contribution in [0.4, 0.5) is 0 Å². The summed E-state index contributed by atoms with van der Waals surface area (Å²) >= 11 is 0. The van der Waals surface area contributed by atoms with E-state index in [2.05, 4.69) is 33.0 Å². The molecule has 19 heavy (non-hydrogen) atoms. The highest BCUT2D eigenvalue weighted by atomic mass is 14.9. The van der Waals surface area contributed by atoms with Crippen molar-refractivity contribution in [1.29, 1.82) is 0 Å². The van der Waals surface area contributed by atoms with Crippen molar-refractivity contribution >= 4 is 0 Å². The van der Waals surface area contributed by atoms with Crippen LogP contribution in [-0.4, -0.2) is 19.6 Å². The highest BCUT2D eigenvalue weighted by molar-refractivity contribution is 4.71. The molecule has 0 rings (SSSR count). The molecule has 0 saturated heterocycles. The summed E-state index contributed by atoms with van der Waals surface area (Å²) in [6.07, 6.45) is 10.5. The molecule has 0 amide bonds. The van der Waals surface area contributed by atoms with Gasteiger partial charge in [0.25, 0.3) is 0 Å². The lowest BCUT2D eigenvalue weighted by molar-refractivity contribution is 0.299. The molecule has 0 radical (unpaired) electrons. The quantitative estimate of drug-likeness (QED) is 0.489. The van der Waals surface area contributed by atoms with Crippen molar-refractivity contribution in [3.8, 4) is 0 Å². The van der Waals surface area contributed by atoms with Crippen molar-refractivity contribution in [3.63, 3.8) is 0 Å². The normalized spacial score (nSPS) is 13.7. The number of hydrogen-bond donors (Lipinski definition) is 2. The average molecular weight is 271 g/mol. The standard InChI is InChI=1S/C17H38N2/c1-5-7-8-12-17(3,4)15-19-14-9-10-16(6-2)11-13-18/h16,19H,5-15,18H2,1-4H3. The third-order valence-electron chi connectivity index (χ3n) is 4.18. The summed E-state index contributed by atoms with van der Waals surface area (Å²) in [5.74, 6) is 0.837. The van der Waals surface area contributed by atoms with Gasteiger partial charge in [0, 0.05) is 6.54 Å². The molecule has 0 aromatic heterocycles. The predicted octanol–water partition coefficient (Wildman–Crippen LogP) is 4.34. The van der Waals surface area contributed by atoms with Gasteiger partial charge in [0.2, 0.25) is 0 Å². The van der Waals surface area contributed by atoms with E-state index in [0.717, 1.165) is 25.6 Å². The summed E-state index contributed by atoms with van der Waals surface area (Å²) in [4.78, 5) is 0. The van der Waals surface area contributed by atoms with Crippen molar-refractivity contribution in [2.24, 2.45) is 17.1 Å². The fourth-order valence-electron chi connectivity index (χ4n) is 2.67. The topological polar surface area (TPSA) is 38.0 Å². The van der Waals surface area contributed by atoms with E-state index in [-0.39, 0.29) is 0 Å². The maximum atomic E-state index is 5.63. The second-order valence-electron chi connectivity index (χ2n) is 6.79. The van der Waals surface area contributed by atoms with E-state index in [1.807, 2.05) is 0 Å². The first-order valence-electron chi connectivity index (χ1n) is 8.46. The summed E-state index contributed by atoms with van der Waals surface area (Å²) in [5, 5.41) is 3.64. The summed E-state index contributed by atoms with van der Waals surface area (Å²) in [7, 11) is 0. The van der Waals surface area contributed by atoms with Crippen LogP contribution in [0.5, 0.6) is 0 Å². The van der Waals surface area contributed by atoms with E-state index in [0.29, 0.717) is 5.41 Å². The summed E-state index contributed by atoms with van der Waals surface area (Å²) in [5.41, 5.74) is 6.09. The van der Waals surface area contributed by atoms with Gasteiger partial charge in [-0.1, -0.05) is 53.4 Å². The monoisotopic (exact) mass is 270 g/mol. The van der Waals surface area contributed by atoms with Crippen LogP contribution in [-0.2, 0) is 0 Å². The lowest BCUT2D eigenvalue weighted by atomic mass is 9.87. The lowest BCUT2D eigenvalue weighted by Crippen LogP contribution is -2.30. The zero-order chi connectivity index (χ0) is 14.6. The molecule has 3 N–H and O–H groups in total. The van der Waals surface area contributed by atoms with Gasteiger partial charge >= 0.3 is 0 Å². The minimum Gasteiger partial charge on any atom is -0.330 e. The lowest BCUT2D eigenvalue weighted by Gasteiger charge is -2.25. The van der Waals surface area contributed by atoms with Gasteiger partial charge in [0.05, 0.1) is 0 Å². The van der Waals surface area contributed by atoms with Crippen LogP contribution in [0.25, 0.3) is 0 Å². The average Bonchev–Trinajstić information content (AvgIpc) is 2.37. The van der Waals surface area contributed by atoms with E-state index in [1.54, 1.807) is 0 Å². The minimum atomic E-state index is 0.455. The van der Waals surface area contributed by atoms with Gasteiger partial charge in [0.15, 0.2) is 0 Å². The number of rotatable bonds is 13. The van der Waals surface area contributed by atoms with Crippen molar-refractivity contribution < 1.29 is 0 Å². The Morgan fingerprint density at radius 1 is 1.05 bits per heavy atom. The van der Waals surface area contributed by atoms with Crippen molar-refractivity contribution in [2.75, 3.05) is 19.6 Å². The zero-order valence-corrected chi connectivity index (χ0v) is 13.9. The van der Waals surface area contributed by atoms with Crippen LogP contribution < -0.4 is 11.1 Å². The molecular formula is C17H38N2. The first-order chi connectivity index (χ1) is 9.05. The van der Waals surface area contributed by atoms with Crippen LogP contribution in [0.2, 0.25) is 0 Å². The summed E-state index contributed by atoms with van der Waals surface area (Å²) in [6, 6.07) is 0. The highest BCUT2D eigenvalue weighted by Crippen LogP contribution is 2.22.